The first-order valence-electron chi connectivity index (χ1n) is 7.54. The van der Waals surface area contributed by atoms with Crippen LogP contribution in [0.4, 0.5) is 0 Å². The van der Waals surface area contributed by atoms with Crippen molar-refractivity contribution in [3.8, 4) is 11.5 Å². The van der Waals surface area contributed by atoms with Crippen LogP contribution in [-0.2, 0) is 4.74 Å². The largest absolute Gasteiger partial charge is 0.457 e. The van der Waals surface area contributed by atoms with E-state index >= 15 is 0 Å². The lowest BCUT2D eigenvalue weighted by Gasteiger charge is -2.11. The van der Waals surface area contributed by atoms with Crippen molar-refractivity contribution in [2.75, 3.05) is 13.2 Å². The quantitative estimate of drug-likeness (QED) is 0.920. The molecule has 114 valence electrons. The Balaban J connectivity index is 1.55. The van der Waals surface area contributed by atoms with Crippen LogP contribution in [-0.4, -0.2) is 25.2 Å². The lowest BCUT2D eigenvalue weighted by molar-refractivity contribution is 0.0858. The predicted octanol–water partition coefficient (Wildman–Crippen LogP) is 3.39. The first kappa shape index (κ1) is 14.6. The molecule has 1 heterocycles. The van der Waals surface area contributed by atoms with Crippen molar-refractivity contribution in [3.63, 3.8) is 0 Å². The molecule has 1 amide bonds. The van der Waals surface area contributed by atoms with Crippen LogP contribution < -0.4 is 10.1 Å². The van der Waals surface area contributed by atoms with Gasteiger partial charge in [-0.3, -0.25) is 4.79 Å². The minimum Gasteiger partial charge on any atom is -0.457 e. The smallest absolute Gasteiger partial charge is 0.251 e. The first-order valence-corrected chi connectivity index (χ1v) is 7.54. The molecule has 0 unspecified atom stereocenters. The van der Waals surface area contributed by atoms with Gasteiger partial charge < -0.3 is 14.8 Å². The van der Waals surface area contributed by atoms with Crippen LogP contribution in [0.5, 0.6) is 11.5 Å². The van der Waals surface area contributed by atoms with E-state index in [1.165, 1.54) is 0 Å². The fourth-order valence-electron chi connectivity index (χ4n) is 2.41. The molecule has 0 saturated carbocycles. The number of para-hydroxylation sites is 1. The Kier molecular flexibility index (Phi) is 4.71. The van der Waals surface area contributed by atoms with Crippen molar-refractivity contribution >= 4 is 5.91 Å². The normalized spacial score (nSPS) is 17.2. The van der Waals surface area contributed by atoms with Crippen LogP contribution in [0.3, 0.4) is 0 Å². The summed E-state index contributed by atoms with van der Waals surface area (Å²) >= 11 is 0. The van der Waals surface area contributed by atoms with E-state index in [9.17, 15) is 4.79 Å². The van der Waals surface area contributed by atoms with E-state index in [2.05, 4.69) is 5.32 Å². The summed E-state index contributed by atoms with van der Waals surface area (Å²) in [6.45, 7) is 1.37. The summed E-state index contributed by atoms with van der Waals surface area (Å²) < 4.78 is 11.2. The maximum Gasteiger partial charge on any atom is 0.251 e. The molecule has 1 aliphatic heterocycles. The second-order valence-electron chi connectivity index (χ2n) is 5.28. The van der Waals surface area contributed by atoms with Gasteiger partial charge in [0.25, 0.3) is 5.91 Å². The summed E-state index contributed by atoms with van der Waals surface area (Å²) in [4.78, 5) is 12.1. The third-order valence-corrected chi connectivity index (χ3v) is 3.61. The van der Waals surface area contributed by atoms with E-state index in [0.717, 1.165) is 25.2 Å². The van der Waals surface area contributed by atoms with Gasteiger partial charge in [-0.15, -0.1) is 0 Å². The number of hydrogen-bond donors (Lipinski definition) is 1. The minimum absolute atomic E-state index is 0.0817. The van der Waals surface area contributed by atoms with Crippen molar-refractivity contribution < 1.29 is 14.3 Å². The van der Waals surface area contributed by atoms with Gasteiger partial charge in [-0.1, -0.05) is 18.2 Å². The van der Waals surface area contributed by atoms with E-state index in [0.29, 0.717) is 17.9 Å². The summed E-state index contributed by atoms with van der Waals surface area (Å²) in [6, 6.07) is 16.7. The molecule has 0 aliphatic carbocycles. The molecule has 0 bridgehead atoms. The molecule has 1 aliphatic rings. The van der Waals surface area contributed by atoms with Gasteiger partial charge in [-0.05, 0) is 49.2 Å². The van der Waals surface area contributed by atoms with Gasteiger partial charge >= 0.3 is 0 Å². The van der Waals surface area contributed by atoms with Crippen LogP contribution in [0.15, 0.2) is 54.6 Å². The summed E-state index contributed by atoms with van der Waals surface area (Å²) in [5, 5.41) is 2.91. The van der Waals surface area contributed by atoms with Gasteiger partial charge in [-0.2, -0.15) is 0 Å². The second kappa shape index (κ2) is 7.09. The lowest BCUT2D eigenvalue weighted by atomic mass is 10.2. The minimum atomic E-state index is -0.0817. The molecule has 1 N–H and O–H groups in total. The number of carbonyl (C=O) groups is 1. The maximum absolute atomic E-state index is 12.1. The average molecular weight is 297 g/mol. The highest BCUT2D eigenvalue weighted by atomic mass is 16.5. The van der Waals surface area contributed by atoms with Crippen LogP contribution in [0.1, 0.15) is 23.2 Å². The third kappa shape index (κ3) is 3.86. The monoisotopic (exact) mass is 297 g/mol. The molecule has 2 aromatic rings. The average Bonchev–Trinajstić information content (AvgIpc) is 3.08. The Labute approximate surface area is 130 Å². The van der Waals surface area contributed by atoms with Crippen molar-refractivity contribution in [3.05, 3.63) is 60.2 Å². The SMILES string of the molecule is O=C(NC[C@H]1CCCO1)c1ccc(Oc2ccccc2)cc1. The standard InChI is InChI=1S/C18H19NO3/c20-18(19-13-17-7-4-12-21-17)14-8-10-16(11-9-14)22-15-5-2-1-3-6-15/h1-3,5-6,8-11,17H,4,7,12-13H2,(H,19,20)/t17-/m1/s1. The number of amides is 1. The van der Waals surface area contributed by atoms with Crippen molar-refractivity contribution in [2.45, 2.75) is 18.9 Å². The Morgan fingerprint density at radius 1 is 1.09 bits per heavy atom. The van der Waals surface area contributed by atoms with Crippen LogP contribution in [0.25, 0.3) is 0 Å². The highest BCUT2D eigenvalue weighted by Gasteiger charge is 2.16. The molecule has 0 radical (unpaired) electrons. The van der Waals surface area contributed by atoms with Crippen LogP contribution in [0.2, 0.25) is 0 Å². The molecule has 22 heavy (non-hydrogen) atoms. The number of ether oxygens (including phenoxy) is 2. The lowest BCUT2D eigenvalue weighted by Crippen LogP contribution is -2.31. The third-order valence-electron chi connectivity index (χ3n) is 3.61. The zero-order valence-corrected chi connectivity index (χ0v) is 12.3. The summed E-state index contributed by atoms with van der Waals surface area (Å²) in [5.74, 6) is 1.40. The molecule has 1 saturated heterocycles. The molecule has 1 fully saturated rings. The Morgan fingerprint density at radius 2 is 1.82 bits per heavy atom. The number of carbonyl (C=O) groups excluding carboxylic acids is 1. The van der Waals surface area contributed by atoms with Crippen molar-refractivity contribution in [2.24, 2.45) is 0 Å². The Hall–Kier alpha value is -2.33. The molecule has 0 aromatic heterocycles. The fourth-order valence-corrected chi connectivity index (χ4v) is 2.41. The number of benzene rings is 2. The van der Waals surface area contributed by atoms with Gasteiger partial charge in [0.1, 0.15) is 11.5 Å². The predicted molar refractivity (Wildman–Crippen MR) is 84.3 cm³/mol. The molecule has 0 spiro atoms. The second-order valence-corrected chi connectivity index (χ2v) is 5.28. The molecular formula is C18H19NO3. The summed E-state index contributed by atoms with van der Waals surface area (Å²) in [6.07, 6.45) is 2.25. The zero-order chi connectivity index (χ0) is 15.2. The summed E-state index contributed by atoms with van der Waals surface area (Å²) in [7, 11) is 0. The van der Waals surface area contributed by atoms with Gasteiger partial charge in [0.05, 0.1) is 6.10 Å². The van der Waals surface area contributed by atoms with Gasteiger partial charge in [0, 0.05) is 18.7 Å². The Bertz CT molecular complexity index is 604. The maximum atomic E-state index is 12.1. The van der Waals surface area contributed by atoms with Gasteiger partial charge in [0.2, 0.25) is 0 Å². The van der Waals surface area contributed by atoms with E-state index < -0.39 is 0 Å². The van der Waals surface area contributed by atoms with E-state index in [1.807, 2.05) is 30.3 Å². The van der Waals surface area contributed by atoms with E-state index in [1.54, 1.807) is 24.3 Å². The summed E-state index contributed by atoms with van der Waals surface area (Å²) in [5.41, 5.74) is 0.624. The molecule has 4 nitrogen and oxygen atoms in total. The van der Waals surface area contributed by atoms with Crippen LogP contribution >= 0.6 is 0 Å². The van der Waals surface area contributed by atoms with Crippen molar-refractivity contribution in [1.29, 1.82) is 0 Å². The molecule has 3 rings (SSSR count). The highest BCUT2D eigenvalue weighted by molar-refractivity contribution is 5.94. The molecular weight excluding hydrogens is 278 g/mol. The van der Waals surface area contributed by atoms with E-state index in [4.69, 9.17) is 9.47 Å². The highest BCUT2D eigenvalue weighted by Crippen LogP contribution is 2.21. The first-order chi connectivity index (χ1) is 10.8. The molecule has 4 heteroatoms. The number of rotatable bonds is 5. The van der Waals surface area contributed by atoms with Crippen LogP contribution in [0, 0.1) is 0 Å². The fraction of sp³-hybridized carbons (Fsp3) is 0.278. The van der Waals surface area contributed by atoms with Gasteiger partial charge in [0.15, 0.2) is 0 Å². The zero-order valence-electron chi connectivity index (χ0n) is 12.3. The molecule has 1 atom stereocenters. The Morgan fingerprint density at radius 3 is 2.50 bits per heavy atom. The topological polar surface area (TPSA) is 47.6 Å². The van der Waals surface area contributed by atoms with Crippen molar-refractivity contribution in [1.82, 2.24) is 5.32 Å². The molecule has 2 aromatic carbocycles. The van der Waals surface area contributed by atoms with Gasteiger partial charge in [-0.25, -0.2) is 0 Å². The number of nitrogens with one attached hydrogen (secondary N) is 1. The number of hydrogen-bond acceptors (Lipinski definition) is 3. The van der Waals surface area contributed by atoms with E-state index in [-0.39, 0.29) is 12.0 Å².